The first-order valence-corrected chi connectivity index (χ1v) is 11.2. The summed E-state index contributed by atoms with van der Waals surface area (Å²) >= 11 is 0. The first-order valence-electron chi connectivity index (χ1n) is 11.2. The number of carbonyl (C=O) groups is 2. The van der Waals surface area contributed by atoms with Crippen LogP contribution in [0.1, 0.15) is 24.0 Å². The molecule has 1 spiro atoms. The van der Waals surface area contributed by atoms with Gasteiger partial charge in [-0.15, -0.1) is 0 Å². The molecular formula is C27H26N2O4. The summed E-state index contributed by atoms with van der Waals surface area (Å²) in [6, 6.07) is 23.0. The fourth-order valence-corrected chi connectivity index (χ4v) is 4.79. The molecule has 0 unspecified atom stereocenters. The Kier molecular flexibility index (Phi) is 5.50. The van der Waals surface area contributed by atoms with Gasteiger partial charge in [0.25, 0.3) is 0 Å². The third-order valence-corrected chi connectivity index (χ3v) is 6.64. The van der Waals surface area contributed by atoms with Crippen molar-refractivity contribution in [3.63, 3.8) is 0 Å². The van der Waals surface area contributed by atoms with E-state index in [1.807, 2.05) is 77.7 Å². The van der Waals surface area contributed by atoms with Gasteiger partial charge in [0.1, 0.15) is 5.75 Å². The number of nitrogens with zero attached hydrogens (tertiary/aromatic N) is 1. The van der Waals surface area contributed by atoms with Crippen molar-refractivity contribution < 1.29 is 19.1 Å². The van der Waals surface area contributed by atoms with Crippen LogP contribution in [0.3, 0.4) is 0 Å². The predicted molar refractivity (Wildman–Crippen MR) is 126 cm³/mol. The maximum Gasteiger partial charge on any atom is 0.235 e. The molecule has 3 aromatic rings. The van der Waals surface area contributed by atoms with Gasteiger partial charge in [0, 0.05) is 24.8 Å². The molecule has 3 aromatic carbocycles. The number of amides is 2. The molecule has 6 nitrogen and oxygen atoms in total. The molecule has 0 bridgehead atoms. The Hall–Kier alpha value is -3.80. The largest absolute Gasteiger partial charge is 0.493 e. The van der Waals surface area contributed by atoms with E-state index in [9.17, 15) is 9.59 Å². The Morgan fingerprint density at radius 3 is 2.30 bits per heavy atom. The molecule has 5 rings (SSSR count). The van der Waals surface area contributed by atoms with Crippen molar-refractivity contribution in [1.29, 1.82) is 0 Å². The summed E-state index contributed by atoms with van der Waals surface area (Å²) in [4.78, 5) is 27.8. The number of carbonyl (C=O) groups excluding carboxylic acids is 2. The highest BCUT2D eigenvalue weighted by Crippen LogP contribution is 2.49. The van der Waals surface area contributed by atoms with Gasteiger partial charge in [0.2, 0.25) is 11.8 Å². The number of nitrogens with one attached hydrogen (secondary N) is 1. The van der Waals surface area contributed by atoms with E-state index in [-0.39, 0.29) is 11.8 Å². The zero-order chi connectivity index (χ0) is 22.8. The fraction of sp³-hybridized carbons (Fsp3) is 0.259. The lowest BCUT2D eigenvalue weighted by Gasteiger charge is -2.38. The van der Waals surface area contributed by atoms with Crippen LogP contribution in [-0.4, -0.2) is 36.9 Å². The average Bonchev–Trinajstić information content (AvgIpc) is 3.10. The van der Waals surface area contributed by atoms with E-state index in [0.717, 1.165) is 16.8 Å². The zero-order valence-electron chi connectivity index (χ0n) is 18.5. The molecule has 33 heavy (non-hydrogen) atoms. The van der Waals surface area contributed by atoms with E-state index < -0.39 is 5.41 Å². The lowest BCUT2D eigenvalue weighted by atomic mass is 9.73. The van der Waals surface area contributed by atoms with Crippen molar-refractivity contribution in [2.24, 2.45) is 0 Å². The van der Waals surface area contributed by atoms with Crippen LogP contribution in [0.4, 0.5) is 5.69 Å². The topological polar surface area (TPSA) is 67.9 Å². The third-order valence-electron chi connectivity index (χ3n) is 6.64. The van der Waals surface area contributed by atoms with Gasteiger partial charge < -0.3 is 19.7 Å². The van der Waals surface area contributed by atoms with Crippen molar-refractivity contribution in [2.75, 3.05) is 25.5 Å². The van der Waals surface area contributed by atoms with E-state index in [1.54, 1.807) is 7.11 Å². The zero-order valence-corrected chi connectivity index (χ0v) is 18.5. The van der Waals surface area contributed by atoms with E-state index in [2.05, 4.69) is 5.32 Å². The number of ether oxygens (including phenoxy) is 2. The summed E-state index contributed by atoms with van der Waals surface area (Å²) in [6.45, 7) is 1.09. The number of hydrogen-bond acceptors (Lipinski definition) is 4. The van der Waals surface area contributed by atoms with Crippen molar-refractivity contribution in [3.05, 3.63) is 83.9 Å². The lowest BCUT2D eigenvalue weighted by Crippen LogP contribution is -2.48. The van der Waals surface area contributed by atoms with Crippen molar-refractivity contribution in [3.8, 4) is 17.2 Å². The number of rotatable bonds is 5. The molecule has 2 heterocycles. The normalized spacial score (nSPS) is 16.3. The van der Waals surface area contributed by atoms with Gasteiger partial charge in [-0.05, 0) is 42.2 Å². The van der Waals surface area contributed by atoms with Crippen LogP contribution < -0.4 is 14.8 Å². The molecule has 0 saturated carbocycles. The number of methoxy groups -OCH3 is 1. The van der Waals surface area contributed by atoms with Crippen LogP contribution in [0.5, 0.6) is 17.2 Å². The number of anilines is 1. The van der Waals surface area contributed by atoms with Gasteiger partial charge >= 0.3 is 0 Å². The summed E-state index contributed by atoms with van der Waals surface area (Å²) < 4.78 is 11.6. The van der Waals surface area contributed by atoms with Gasteiger partial charge in [0.15, 0.2) is 11.5 Å². The Balaban J connectivity index is 1.36. The maximum absolute atomic E-state index is 13.1. The van der Waals surface area contributed by atoms with Gasteiger partial charge in [-0.2, -0.15) is 0 Å². The van der Waals surface area contributed by atoms with Crippen LogP contribution >= 0.6 is 0 Å². The van der Waals surface area contributed by atoms with Crippen LogP contribution in [0, 0.1) is 0 Å². The highest BCUT2D eigenvalue weighted by Gasteiger charge is 2.49. The molecule has 2 aliphatic rings. The van der Waals surface area contributed by atoms with Crippen LogP contribution in [0.2, 0.25) is 0 Å². The third kappa shape index (κ3) is 3.93. The molecule has 1 N–H and O–H groups in total. The summed E-state index contributed by atoms with van der Waals surface area (Å²) in [7, 11) is 1.60. The van der Waals surface area contributed by atoms with Crippen molar-refractivity contribution >= 4 is 17.5 Å². The van der Waals surface area contributed by atoms with Crippen LogP contribution in [0.15, 0.2) is 72.8 Å². The second-order valence-electron chi connectivity index (χ2n) is 8.54. The highest BCUT2D eigenvalue weighted by molar-refractivity contribution is 6.07. The molecule has 2 aliphatic heterocycles. The summed E-state index contributed by atoms with van der Waals surface area (Å²) in [5, 5.41) is 3.04. The molecule has 0 aliphatic carbocycles. The molecule has 1 saturated heterocycles. The SMILES string of the molecule is COc1cc2c(cc1Oc1ccccc1)NC(=O)C21CCN(C(=O)Cc2ccccc2)CC1. The highest BCUT2D eigenvalue weighted by atomic mass is 16.5. The molecule has 0 radical (unpaired) electrons. The van der Waals surface area contributed by atoms with Crippen LogP contribution in [-0.2, 0) is 21.4 Å². The molecule has 2 amide bonds. The molecular weight excluding hydrogens is 416 g/mol. The first-order chi connectivity index (χ1) is 16.1. The average molecular weight is 443 g/mol. The molecule has 168 valence electrons. The Bertz CT molecular complexity index is 1170. The van der Waals surface area contributed by atoms with Gasteiger partial charge in [-0.25, -0.2) is 0 Å². The number of fused-ring (bicyclic) bond motifs is 2. The predicted octanol–water partition coefficient (Wildman–Crippen LogP) is 4.54. The molecule has 0 aromatic heterocycles. The quantitative estimate of drug-likeness (QED) is 0.630. The lowest BCUT2D eigenvalue weighted by molar-refractivity contribution is -0.134. The standard InChI is InChI=1S/C27H26N2O4/c1-32-23-17-21-22(18-24(23)33-20-10-6-3-7-11-20)28-26(31)27(21)12-14-29(15-13-27)25(30)16-19-8-4-2-5-9-19/h2-11,17-18H,12-16H2,1H3,(H,28,31). The number of likely N-dealkylation sites (tertiary alicyclic amines) is 1. The van der Waals surface area contributed by atoms with E-state index in [4.69, 9.17) is 9.47 Å². The second-order valence-corrected chi connectivity index (χ2v) is 8.54. The van der Waals surface area contributed by atoms with Crippen molar-refractivity contribution in [1.82, 2.24) is 4.90 Å². The fourth-order valence-electron chi connectivity index (χ4n) is 4.79. The van der Waals surface area contributed by atoms with E-state index in [0.29, 0.717) is 49.6 Å². The van der Waals surface area contributed by atoms with Gasteiger partial charge in [-0.1, -0.05) is 48.5 Å². The summed E-state index contributed by atoms with van der Waals surface area (Å²) in [5.74, 6) is 1.90. The monoisotopic (exact) mass is 442 g/mol. The Labute approximate surface area is 193 Å². The van der Waals surface area contributed by atoms with Gasteiger partial charge in [-0.3, -0.25) is 9.59 Å². The number of para-hydroxylation sites is 1. The smallest absolute Gasteiger partial charge is 0.235 e. The summed E-state index contributed by atoms with van der Waals surface area (Å²) in [6.07, 6.45) is 1.54. The van der Waals surface area contributed by atoms with Crippen LogP contribution in [0.25, 0.3) is 0 Å². The number of hydrogen-bond donors (Lipinski definition) is 1. The Morgan fingerprint density at radius 1 is 0.970 bits per heavy atom. The molecule has 6 heteroatoms. The minimum atomic E-state index is -0.655. The van der Waals surface area contributed by atoms with E-state index >= 15 is 0 Å². The van der Waals surface area contributed by atoms with Gasteiger partial charge in [0.05, 0.1) is 18.9 Å². The minimum Gasteiger partial charge on any atom is -0.493 e. The maximum atomic E-state index is 13.1. The minimum absolute atomic E-state index is 0.0217. The molecule has 0 atom stereocenters. The van der Waals surface area contributed by atoms with E-state index in [1.165, 1.54) is 0 Å². The Morgan fingerprint density at radius 2 is 1.64 bits per heavy atom. The first kappa shape index (κ1) is 21.1. The second kappa shape index (κ2) is 8.62. The summed E-state index contributed by atoms with van der Waals surface area (Å²) in [5.41, 5.74) is 2.01. The molecule has 1 fully saturated rings. The van der Waals surface area contributed by atoms with Crippen molar-refractivity contribution in [2.45, 2.75) is 24.7 Å². The number of benzene rings is 3. The number of piperidine rings is 1.